The zero-order valence-corrected chi connectivity index (χ0v) is 6.97. The van der Waals surface area contributed by atoms with Crippen LogP contribution in [-0.2, 0) is 9.19 Å². The first kappa shape index (κ1) is 16.1. The van der Waals surface area contributed by atoms with Gasteiger partial charge in [-0.15, -0.1) is 0 Å². The minimum absolute atomic E-state index is 0. The molecule has 8 heavy (non-hydrogen) atoms. The zero-order chi connectivity index (χ0) is 5.21. The summed E-state index contributed by atoms with van der Waals surface area (Å²) in [4.78, 5) is 18.2. The van der Waals surface area contributed by atoms with E-state index in [0.717, 1.165) is 0 Å². The summed E-state index contributed by atoms with van der Waals surface area (Å²) in [6, 6.07) is 0. The number of rotatable bonds is 1. The predicted molar refractivity (Wildman–Crippen MR) is 22.2 cm³/mol. The van der Waals surface area contributed by atoms with Crippen LogP contribution in [0.4, 0.5) is 0 Å². The summed E-state index contributed by atoms with van der Waals surface area (Å²) >= 11 is 0. The first-order valence-electron chi connectivity index (χ1n) is 0.966. The van der Waals surface area contributed by atoms with Crippen molar-refractivity contribution in [2.75, 3.05) is 0 Å². The average Bonchev–Trinajstić information content (AvgIpc) is 1.35. The minimum Gasteiger partial charge on any atom is -0.788 e. The van der Waals surface area contributed by atoms with Gasteiger partial charge in [0.15, 0.2) is 0 Å². The van der Waals surface area contributed by atoms with Gasteiger partial charge in [0.1, 0.15) is 0 Å². The van der Waals surface area contributed by atoms with Crippen LogP contribution in [0.3, 0.4) is 0 Å². The molecule has 0 spiro atoms. The van der Waals surface area contributed by atoms with Crippen LogP contribution in [0, 0.1) is 0 Å². The van der Waals surface area contributed by atoms with Crippen LogP contribution in [0.25, 0.3) is 0 Å². The Morgan fingerprint density at radius 2 is 1.62 bits per heavy atom. The first-order chi connectivity index (χ1) is 2.56. The molecule has 0 aromatic carbocycles. The van der Waals surface area contributed by atoms with Gasteiger partial charge in [0.2, 0.25) is 0 Å². The van der Waals surface area contributed by atoms with E-state index in [1.54, 1.807) is 0 Å². The summed E-state index contributed by atoms with van der Waals surface area (Å²) < 4.78 is 12.0. The summed E-state index contributed by atoms with van der Waals surface area (Å²) in [6.45, 7) is 0. The fourth-order valence-electron chi connectivity index (χ4n) is 0. The zero-order valence-electron chi connectivity index (χ0n) is 3.86. The molecule has 46 valence electrons. The van der Waals surface area contributed by atoms with Crippen molar-refractivity contribution in [3.8, 4) is 0 Å². The van der Waals surface area contributed by atoms with Crippen molar-refractivity contribution in [1.82, 2.24) is 0 Å². The van der Waals surface area contributed by atoms with Gasteiger partial charge in [-0.1, -0.05) is 0 Å². The van der Waals surface area contributed by atoms with E-state index in [2.05, 4.69) is 10.5 Å². The largest absolute Gasteiger partial charge is 2.00 e. The van der Waals surface area contributed by atoms with E-state index in [1.165, 1.54) is 0 Å². The fraction of sp³-hybridized carbons (Fsp3) is 0. The summed E-state index contributed by atoms with van der Waals surface area (Å²) in [5.74, 6) is 3.92. The number of phosphoric acid groups is 1. The Balaban J connectivity index is -0.000000125. The number of hydrogen-bond donors (Lipinski definition) is 1. The second-order valence-electron chi connectivity index (χ2n) is 0.553. The molecule has 0 unspecified atom stereocenters. The summed E-state index contributed by atoms with van der Waals surface area (Å²) in [7, 11) is -4.87. The molecule has 0 saturated heterocycles. The van der Waals surface area contributed by atoms with Gasteiger partial charge in [-0.3, -0.25) is 4.62 Å². The molecule has 0 bridgehead atoms. The van der Waals surface area contributed by atoms with E-state index < -0.39 is 7.82 Å². The van der Waals surface area contributed by atoms with Crippen molar-refractivity contribution >= 4 is 45.6 Å². The molecular formula is H4CaNO5P. The molecule has 0 atom stereocenters. The molecule has 0 fully saturated rings. The molecule has 0 saturated carbocycles. The van der Waals surface area contributed by atoms with Crippen molar-refractivity contribution in [3.63, 3.8) is 0 Å². The van der Waals surface area contributed by atoms with Gasteiger partial charge in [-0.2, -0.15) is 0 Å². The van der Waals surface area contributed by atoms with Crippen molar-refractivity contribution in [1.29, 1.82) is 0 Å². The molecule has 4 N–H and O–H groups in total. The molecular weight excluding hydrogens is 165 g/mol. The second-order valence-corrected chi connectivity index (χ2v) is 1.66. The van der Waals surface area contributed by atoms with Crippen LogP contribution in [0.5, 0.6) is 0 Å². The first-order valence-corrected chi connectivity index (χ1v) is 2.43. The number of hydrogen-bond acceptors (Lipinski definition) is 5. The van der Waals surface area contributed by atoms with Gasteiger partial charge in [0.05, 0.1) is 7.82 Å². The van der Waals surface area contributed by atoms with Crippen LogP contribution in [0.1, 0.15) is 0 Å². The number of nitrogens with two attached hydrogens (primary N) is 1. The molecule has 0 aliphatic rings. The maximum Gasteiger partial charge on any atom is 2.00 e. The van der Waals surface area contributed by atoms with E-state index >= 15 is 0 Å². The summed E-state index contributed by atoms with van der Waals surface area (Å²) in [5.41, 5.74) is 0. The SMILES string of the molecule is NOP(=O)([O-])[O-].O.[Ca+2]. The van der Waals surface area contributed by atoms with Gasteiger partial charge < -0.3 is 19.8 Å². The third-order valence-corrected chi connectivity index (χ3v) is 0.387. The van der Waals surface area contributed by atoms with Crippen molar-refractivity contribution in [2.45, 2.75) is 0 Å². The van der Waals surface area contributed by atoms with Gasteiger partial charge in [-0.25, -0.2) is 5.90 Å². The summed E-state index contributed by atoms with van der Waals surface area (Å²) in [6.07, 6.45) is 0. The second kappa shape index (κ2) is 6.41. The van der Waals surface area contributed by atoms with Gasteiger partial charge in [0.25, 0.3) is 0 Å². The van der Waals surface area contributed by atoms with E-state index in [0.29, 0.717) is 0 Å². The van der Waals surface area contributed by atoms with Crippen LogP contribution in [-0.4, -0.2) is 43.2 Å². The Morgan fingerprint density at radius 3 is 1.62 bits per heavy atom. The Hall–Kier alpha value is 1.29. The Morgan fingerprint density at radius 1 is 1.50 bits per heavy atom. The van der Waals surface area contributed by atoms with E-state index in [-0.39, 0.29) is 43.2 Å². The van der Waals surface area contributed by atoms with E-state index in [9.17, 15) is 0 Å². The minimum atomic E-state index is -4.87. The Bertz CT molecular complexity index is 76.5. The summed E-state index contributed by atoms with van der Waals surface area (Å²) in [5, 5.41) is 0. The van der Waals surface area contributed by atoms with E-state index in [4.69, 9.17) is 14.4 Å². The predicted octanol–water partition coefficient (Wildman–Crippen LogP) is -3.50. The maximum absolute atomic E-state index is 9.12. The third kappa shape index (κ3) is 15.7. The molecule has 0 aromatic heterocycles. The molecule has 0 radical (unpaired) electrons. The maximum atomic E-state index is 9.12. The van der Waals surface area contributed by atoms with Crippen LogP contribution >= 0.6 is 7.82 Å². The van der Waals surface area contributed by atoms with Gasteiger partial charge in [-0.05, 0) is 0 Å². The molecule has 0 aromatic rings. The molecule has 0 aliphatic heterocycles. The third-order valence-electron chi connectivity index (χ3n) is 0.129. The fourth-order valence-corrected chi connectivity index (χ4v) is 0. The Kier molecular flexibility index (Phi) is 12.9. The molecule has 8 heteroatoms. The van der Waals surface area contributed by atoms with E-state index in [1.807, 2.05) is 0 Å². The van der Waals surface area contributed by atoms with Crippen molar-refractivity contribution in [3.05, 3.63) is 0 Å². The quantitative estimate of drug-likeness (QED) is 0.247. The van der Waals surface area contributed by atoms with Crippen LogP contribution < -0.4 is 15.7 Å². The monoisotopic (exact) mass is 169 g/mol. The van der Waals surface area contributed by atoms with Crippen LogP contribution in [0.15, 0.2) is 0 Å². The molecule has 0 aliphatic carbocycles. The molecule has 0 heterocycles. The normalized spacial score (nSPS) is 8.88. The van der Waals surface area contributed by atoms with Crippen molar-refractivity contribution in [2.24, 2.45) is 5.90 Å². The van der Waals surface area contributed by atoms with Gasteiger partial charge in [0, 0.05) is 0 Å². The standard InChI is InChI=1S/Ca.H4NO4P.H2O/c;1-5-6(2,3)4;/h;1H2,(H2,2,3,4);1H2/q+2;;/p-2. The molecule has 0 rings (SSSR count). The van der Waals surface area contributed by atoms with Crippen LogP contribution in [0.2, 0.25) is 0 Å². The van der Waals surface area contributed by atoms with Crippen molar-refractivity contribution < 1.29 is 24.5 Å². The molecule has 0 amide bonds. The molecule has 6 nitrogen and oxygen atoms in total. The smallest absolute Gasteiger partial charge is 0.788 e. The topological polar surface area (TPSA) is 130 Å². The van der Waals surface area contributed by atoms with Gasteiger partial charge >= 0.3 is 37.7 Å². The Labute approximate surface area is 75.5 Å². The average molecular weight is 169 g/mol.